The van der Waals surface area contributed by atoms with Crippen molar-refractivity contribution in [1.82, 2.24) is 9.88 Å². The van der Waals surface area contributed by atoms with Crippen LogP contribution in [0.25, 0.3) is 10.9 Å². The summed E-state index contributed by atoms with van der Waals surface area (Å²) in [5.41, 5.74) is 4.38. The molecule has 1 aromatic carbocycles. The van der Waals surface area contributed by atoms with E-state index in [1.165, 1.54) is 20.5 Å². The number of benzene rings is 1. The number of fused-ring (bicyclic) bond motifs is 4. The maximum Gasteiger partial charge on any atom is 0.337 e. The molecule has 0 amide bonds. The molecule has 28 heavy (non-hydrogen) atoms. The fraction of sp³-hybridized carbons (Fsp3) is 0.364. The van der Waals surface area contributed by atoms with Gasteiger partial charge in [-0.15, -0.1) is 0 Å². The maximum absolute atomic E-state index is 13.0. The van der Waals surface area contributed by atoms with Gasteiger partial charge in [0.1, 0.15) is 0 Å². The number of allylic oxidation sites excluding steroid dienone is 1. The number of para-hydroxylation sites is 1. The highest BCUT2D eigenvalue weighted by Crippen LogP contribution is 2.44. The van der Waals surface area contributed by atoms with Gasteiger partial charge in [-0.05, 0) is 25.5 Å². The van der Waals surface area contributed by atoms with Crippen molar-refractivity contribution in [2.24, 2.45) is 5.92 Å². The van der Waals surface area contributed by atoms with Crippen molar-refractivity contribution in [3.63, 3.8) is 0 Å². The third-order valence-electron chi connectivity index (χ3n) is 5.88. The Morgan fingerprint density at radius 2 is 2.04 bits per heavy atom. The van der Waals surface area contributed by atoms with Crippen LogP contribution in [-0.2, 0) is 20.8 Å². The Kier molecular flexibility index (Phi) is 4.81. The van der Waals surface area contributed by atoms with E-state index in [1.807, 2.05) is 31.2 Å². The number of esters is 1. The summed E-state index contributed by atoms with van der Waals surface area (Å²) in [4.78, 5) is 31.2. The van der Waals surface area contributed by atoms with Gasteiger partial charge in [-0.25, -0.2) is 4.79 Å². The van der Waals surface area contributed by atoms with E-state index >= 15 is 0 Å². The lowest BCUT2D eigenvalue weighted by Crippen LogP contribution is -2.36. The summed E-state index contributed by atoms with van der Waals surface area (Å²) in [5.74, 6) is -0.496. The van der Waals surface area contributed by atoms with Gasteiger partial charge in [-0.2, -0.15) is 0 Å². The van der Waals surface area contributed by atoms with Crippen LogP contribution in [0.3, 0.4) is 0 Å². The van der Waals surface area contributed by atoms with Gasteiger partial charge in [0.15, 0.2) is 5.43 Å². The smallest absolute Gasteiger partial charge is 0.337 e. The molecule has 146 valence electrons. The number of rotatable bonds is 3. The van der Waals surface area contributed by atoms with E-state index in [0.717, 1.165) is 27.7 Å². The van der Waals surface area contributed by atoms with E-state index in [4.69, 9.17) is 9.47 Å². The van der Waals surface area contributed by atoms with Crippen molar-refractivity contribution in [2.75, 3.05) is 20.8 Å². The minimum Gasteiger partial charge on any atom is -0.504 e. The number of ether oxygens (including phenoxy) is 2. The highest BCUT2D eigenvalue weighted by molar-refractivity contribution is 5.89. The number of piperidine rings is 1. The average Bonchev–Trinajstić information content (AvgIpc) is 3.08. The number of H-pyrrole nitrogens is 1. The van der Waals surface area contributed by atoms with Crippen LogP contribution in [0.2, 0.25) is 0 Å². The van der Waals surface area contributed by atoms with Gasteiger partial charge in [-0.1, -0.05) is 23.8 Å². The molecule has 2 aromatic rings. The topological polar surface area (TPSA) is 71.6 Å². The molecule has 0 unspecified atom stereocenters. The van der Waals surface area contributed by atoms with E-state index < -0.39 is 0 Å². The summed E-state index contributed by atoms with van der Waals surface area (Å²) in [6, 6.07) is 7.66. The van der Waals surface area contributed by atoms with E-state index in [9.17, 15) is 9.59 Å². The van der Waals surface area contributed by atoms with Gasteiger partial charge in [0.2, 0.25) is 0 Å². The van der Waals surface area contributed by atoms with E-state index in [2.05, 4.69) is 16.0 Å². The third kappa shape index (κ3) is 2.85. The second-order valence-electron chi connectivity index (χ2n) is 7.27. The second kappa shape index (κ2) is 7.28. The average molecular weight is 380 g/mol. The zero-order valence-corrected chi connectivity index (χ0v) is 16.3. The van der Waals surface area contributed by atoms with Crippen LogP contribution in [0.15, 0.2) is 52.5 Å². The van der Waals surface area contributed by atoms with Crippen LogP contribution in [-0.4, -0.2) is 36.6 Å². The molecule has 0 spiro atoms. The summed E-state index contributed by atoms with van der Waals surface area (Å²) in [5, 5.41) is 0.721. The molecule has 0 saturated carbocycles. The monoisotopic (exact) mass is 380 g/mol. The molecule has 1 aromatic heterocycles. The van der Waals surface area contributed by atoms with Crippen molar-refractivity contribution in [3.8, 4) is 0 Å². The number of aromatic nitrogens is 1. The summed E-state index contributed by atoms with van der Waals surface area (Å²) in [6.07, 6.45) is 4.22. The molecule has 0 aliphatic carbocycles. The minimum absolute atomic E-state index is 0.0471. The zero-order chi connectivity index (χ0) is 19.8. The first-order chi connectivity index (χ1) is 13.6. The summed E-state index contributed by atoms with van der Waals surface area (Å²) >= 11 is 0. The van der Waals surface area contributed by atoms with Crippen molar-refractivity contribution >= 4 is 16.9 Å². The Morgan fingerprint density at radius 1 is 1.25 bits per heavy atom. The first-order valence-corrected chi connectivity index (χ1v) is 9.43. The SMILES string of the molecule is C/C=C1\CN2Cc3c([nH]c4ccccc4c3=O)[C@@H]2C[C@@H]1/C(=C\OC)C(=O)OC. The summed E-state index contributed by atoms with van der Waals surface area (Å²) in [6.45, 7) is 3.29. The van der Waals surface area contributed by atoms with Crippen LogP contribution in [0.1, 0.15) is 30.6 Å². The third-order valence-corrected chi connectivity index (χ3v) is 5.88. The number of hydrogen-bond donors (Lipinski definition) is 1. The van der Waals surface area contributed by atoms with Crippen molar-refractivity contribution in [1.29, 1.82) is 0 Å². The fourth-order valence-corrected chi connectivity index (χ4v) is 4.52. The number of carbonyl (C=O) groups excluding carboxylic acids is 1. The van der Waals surface area contributed by atoms with Gasteiger partial charge >= 0.3 is 5.97 Å². The predicted molar refractivity (Wildman–Crippen MR) is 107 cm³/mol. The van der Waals surface area contributed by atoms with Gasteiger partial charge in [0.25, 0.3) is 0 Å². The van der Waals surface area contributed by atoms with Gasteiger partial charge in [-0.3, -0.25) is 9.69 Å². The Hall–Kier alpha value is -2.86. The molecule has 6 nitrogen and oxygen atoms in total. The van der Waals surface area contributed by atoms with E-state index in [-0.39, 0.29) is 23.4 Å². The molecule has 3 heterocycles. The first-order valence-electron chi connectivity index (χ1n) is 9.43. The fourth-order valence-electron chi connectivity index (χ4n) is 4.52. The molecule has 2 aliphatic heterocycles. The number of methoxy groups -OCH3 is 2. The Labute approximate surface area is 163 Å². The van der Waals surface area contributed by atoms with Crippen molar-refractivity contribution in [3.05, 3.63) is 69.2 Å². The van der Waals surface area contributed by atoms with Crippen LogP contribution >= 0.6 is 0 Å². The molecule has 4 rings (SSSR count). The van der Waals surface area contributed by atoms with Crippen LogP contribution in [0, 0.1) is 5.92 Å². The molecule has 6 heteroatoms. The van der Waals surface area contributed by atoms with Crippen molar-refractivity contribution < 1.29 is 14.3 Å². The zero-order valence-electron chi connectivity index (χ0n) is 16.3. The number of nitrogens with zero attached hydrogens (tertiary/aromatic N) is 1. The summed E-state index contributed by atoms with van der Waals surface area (Å²) in [7, 11) is 2.91. The predicted octanol–water partition coefficient (Wildman–Crippen LogP) is 3.05. The van der Waals surface area contributed by atoms with Gasteiger partial charge in [0.05, 0.1) is 32.1 Å². The molecular weight excluding hydrogens is 356 g/mol. The number of hydrogen-bond acceptors (Lipinski definition) is 5. The molecule has 2 atom stereocenters. The highest BCUT2D eigenvalue weighted by Gasteiger charge is 2.42. The molecule has 0 radical (unpaired) electrons. The normalized spacial score (nSPS) is 23.5. The number of pyridine rings is 1. The van der Waals surface area contributed by atoms with E-state index in [0.29, 0.717) is 25.1 Å². The Balaban J connectivity index is 1.79. The molecule has 1 saturated heterocycles. The summed E-state index contributed by atoms with van der Waals surface area (Å²) < 4.78 is 10.2. The highest BCUT2D eigenvalue weighted by atomic mass is 16.5. The number of nitrogens with one attached hydrogen (secondary N) is 1. The van der Waals surface area contributed by atoms with Crippen LogP contribution < -0.4 is 5.43 Å². The lowest BCUT2D eigenvalue weighted by atomic mass is 9.81. The molecule has 1 N–H and O–H groups in total. The van der Waals surface area contributed by atoms with Gasteiger partial charge < -0.3 is 14.5 Å². The van der Waals surface area contributed by atoms with E-state index in [1.54, 1.807) is 0 Å². The van der Waals surface area contributed by atoms with Gasteiger partial charge in [0, 0.05) is 41.2 Å². The Morgan fingerprint density at radius 3 is 2.75 bits per heavy atom. The largest absolute Gasteiger partial charge is 0.504 e. The number of carbonyl (C=O) groups is 1. The lowest BCUT2D eigenvalue weighted by Gasteiger charge is -2.37. The first kappa shape index (κ1) is 18.5. The van der Waals surface area contributed by atoms with Crippen LogP contribution in [0.5, 0.6) is 0 Å². The minimum atomic E-state index is -0.384. The second-order valence-corrected chi connectivity index (χ2v) is 7.27. The molecule has 1 fully saturated rings. The maximum atomic E-state index is 13.0. The standard InChI is InChI=1S/C22H24N2O4/c1-4-13-10-24-11-16-20(23-18-8-6-5-7-14(18)21(16)25)19(24)9-15(13)17(12-27-2)22(26)28-3/h4-8,12,15,19H,9-11H2,1-3H3,(H,23,25)/b13-4+,17-12+/t15-,19-/m0/s1. The molecule has 0 bridgehead atoms. The number of aromatic amines is 1. The molecule has 2 aliphatic rings. The quantitative estimate of drug-likeness (QED) is 0.384. The Bertz CT molecular complexity index is 1050. The van der Waals surface area contributed by atoms with Crippen molar-refractivity contribution in [2.45, 2.75) is 25.9 Å². The molecular formula is C22H24N2O4. The lowest BCUT2D eigenvalue weighted by molar-refractivity contribution is -0.137. The van der Waals surface area contributed by atoms with Crippen LogP contribution in [0.4, 0.5) is 0 Å².